The maximum Gasteiger partial charge on any atom is 0.329 e. The number of carboxylic acid groups (broad SMARTS) is 1. The van der Waals surface area contributed by atoms with Crippen molar-refractivity contribution in [1.82, 2.24) is 10.3 Å². The quantitative estimate of drug-likeness (QED) is 0.799. The molecule has 1 aromatic rings. The highest BCUT2D eigenvalue weighted by Gasteiger charge is 2.36. The number of carbonyl (C=O) groups excluding carboxylic acids is 1. The number of hydrogen-bond donors (Lipinski definition) is 2. The first kappa shape index (κ1) is 14.2. The van der Waals surface area contributed by atoms with Crippen LogP contribution in [0.1, 0.15) is 32.3 Å². The summed E-state index contributed by atoms with van der Waals surface area (Å²) in [7, 11) is 0. The highest BCUT2D eigenvalue weighted by molar-refractivity contribution is 5.87. The first-order valence-corrected chi connectivity index (χ1v) is 5.97. The molecule has 0 saturated carbocycles. The van der Waals surface area contributed by atoms with Gasteiger partial charge in [0, 0.05) is 12.4 Å². The van der Waals surface area contributed by atoms with E-state index in [9.17, 15) is 14.7 Å². The maximum atomic E-state index is 11.9. The molecule has 5 heteroatoms. The third kappa shape index (κ3) is 3.29. The minimum atomic E-state index is -1.16. The van der Waals surface area contributed by atoms with E-state index in [4.69, 9.17) is 0 Å². The SMILES string of the molecule is CCC(CC)(NC(=O)Cc1ccncc1)C(=O)O. The van der Waals surface area contributed by atoms with Gasteiger partial charge in [-0.2, -0.15) is 0 Å². The highest BCUT2D eigenvalue weighted by Crippen LogP contribution is 2.15. The van der Waals surface area contributed by atoms with Gasteiger partial charge < -0.3 is 10.4 Å². The fraction of sp³-hybridized carbons (Fsp3) is 0.462. The van der Waals surface area contributed by atoms with Crippen molar-refractivity contribution < 1.29 is 14.7 Å². The predicted octanol–water partition coefficient (Wildman–Crippen LogP) is 1.38. The van der Waals surface area contributed by atoms with Crippen LogP contribution in [0.2, 0.25) is 0 Å². The van der Waals surface area contributed by atoms with Crippen molar-refractivity contribution in [1.29, 1.82) is 0 Å². The number of nitrogens with one attached hydrogen (secondary N) is 1. The second-order valence-electron chi connectivity index (χ2n) is 4.17. The molecule has 0 aliphatic rings. The van der Waals surface area contributed by atoms with Gasteiger partial charge in [0.1, 0.15) is 5.54 Å². The van der Waals surface area contributed by atoms with E-state index in [1.807, 2.05) is 0 Å². The number of aliphatic carboxylic acids is 1. The van der Waals surface area contributed by atoms with E-state index in [0.29, 0.717) is 12.8 Å². The molecule has 0 spiro atoms. The Kier molecular flexibility index (Phi) is 4.83. The average molecular weight is 250 g/mol. The molecular formula is C13H18N2O3. The van der Waals surface area contributed by atoms with Gasteiger partial charge in [0.25, 0.3) is 0 Å². The number of pyridine rings is 1. The molecule has 18 heavy (non-hydrogen) atoms. The maximum absolute atomic E-state index is 11.9. The number of carbonyl (C=O) groups is 2. The van der Waals surface area contributed by atoms with Gasteiger partial charge in [0.05, 0.1) is 6.42 Å². The lowest BCUT2D eigenvalue weighted by atomic mass is 9.92. The Morgan fingerprint density at radius 2 is 1.83 bits per heavy atom. The Labute approximate surface area is 106 Å². The smallest absolute Gasteiger partial charge is 0.329 e. The molecule has 0 atom stereocenters. The Morgan fingerprint density at radius 1 is 1.28 bits per heavy atom. The summed E-state index contributed by atoms with van der Waals surface area (Å²) in [5.74, 6) is -1.28. The van der Waals surface area contributed by atoms with E-state index in [0.717, 1.165) is 5.56 Å². The topological polar surface area (TPSA) is 79.3 Å². The molecule has 0 aromatic carbocycles. The standard InChI is InChI=1S/C13H18N2O3/c1-3-13(4-2,12(17)18)15-11(16)9-10-5-7-14-8-6-10/h5-8H,3-4,9H2,1-2H3,(H,15,16)(H,17,18). The van der Waals surface area contributed by atoms with Crippen LogP contribution in [0.5, 0.6) is 0 Å². The van der Waals surface area contributed by atoms with Crippen LogP contribution in [-0.4, -0.2) is 27.5 Å². The summed E-state index contributed by atoms with van der Waals surface area (Å²) in [6.45, 7) is 3.51. The van der Waals surface area contributed by atoms with Crippen LogP contribution in [0.3, 0.4) is 0 Å². The molecule has 0 saturated heterocycles. The molecule has 5 nitrogen and oxygen atoms in total. The molecule has 2 N–H and O–H groups in total. The summed E-state index contributed by atoms with van der Waals surface area (Å²) in [5, 5.41) is 11.8. The van der Waals surface area contributed by atoms with Crippen LogP contribution in [0.4, 0.5) is 0 Å². The molecule has 1 aromatic heterocycles. The average Bonchev–Trinajstić information content (AvgIpc) is 2.37. The molecule has 98 valence electrons. The number of rotatable bonds is 6. The molecule has 0 unspecified atom stereocenters. The van der Waals surface area contributed by atoms with Gasteiger partial charge in [-0.15, -0.1) is 0 Å². The van der Waals surface area contributed by atoms with E-state index >= 15 is 0 Å². The van der Waals surface area contributed by atoms with Gasteiger partial charge in [-0.25, -0.2) is 4.79 Å². The number of carboxylic acids is 1. The monoisotopic (exact) mass is 250 g/mol. The van der Waals surface area contributed by atoms with Crippen molar-refractivity contribution in [2.75, 3.05) is 0 Å². The van der Waals surface area contributed by atoms with E-state index in [1.54, 1.807) is 38.4 Å². The fourth-order valence-corrected chi connectivity index (χ4v) is 1.78. The highest BCUT2D eigenvalue weighted by atomic mass is 16.4. The van der Waals surface area contributed by atoms with E-state index in [1.165, 1.54) is 0 Å². The van der Waals surface area contributed by atoms with Gasteiger partial charge in [-0.05, 0) is 30.5 Å². The number of aromatic nitrogens is 1. The molecule has 1 amide bonds. The summed E-state index contributed by atoms with van der Waals surface area (Å²) in [6, 6.07) is 3.47. The van der Waals surface area contributed by atoms with Crippen molar-refractivity contribution >= 4 is 11.9 Å². The largest absolute Gasteiger partial charge is 0.480 e. The molecule has 1 rings (SSSR count). The van der Waals surface area contributed by atoms with Crippen molar-refractivity contribution in [3.8, 4) is 0 Å². The van der Waals surface area contributed by atoms with Gasteiger partial charge in [0.2, 0.25) is 5.91 Å². The second kappa shape index (κ2) is 6.14. The minimum absolute atomic E-state index is 0.164. The van der Waals surface area contributed by atoms with E-state index < -0.39 is 11.5 Å². The van der Waals surface area contributed by atoms with Gasteiger partial charge in [0.15, 0.2) is 0 Å². The number of nitrogens with zero attached hydrogens (tertiary/aromatic N) is 1. The predicted molar refractivity (Wildman–Crippen MR) is 67.0 cm³/mol. The third-order valence-electron chi connectivity index (χ3n) is 3.11. The normalized spacial score (nSPS) is 11.0. The Morgan fingerprint density at radius 3 is 2.28 bits per heavy atom. The Balaban J connectivity index is 2.71. The van der Waals surface area contributed by atoms with E-state index in [-0.39, 0.29) is 12.3 Å². The Hall–Kier alpha value is -1.91. The molecule has 0 radical (unpaired) electrons. The lowest BCUT2D eigenvalue weighted by molar-refractivity contribution is -0.148. The number of amides is 1. The summed E-state index contributed by atoms with van der Waals surface area (Å²) < 4.78 is 0. The van der Waals surface area contributed by atoms with Crippen molar-refractivity contribution in [2.24, 2.45) is 0 Å². The summed E-state index contributed by atoms with van der Waals surface area (Å²) in [5.41, 5.74) is -0.349. The van der Waals surface area contributed by atoms with Crippen molar-refractivity contribution in [3.63, 3.8) is 0 Å². The van der Waals surface area contributed by atoms with E-state index in [2.05, 4.69) is 10.3 Å². The second-order valence-corrected chi connectivity index (χ2v) is 4.17. The third-order valence-corrected chi connectivity index (χ3v) is 3.11. The first-order valence-electron chi connectivity index (χ1n) is 5.97. The fourth-order valence-electron chi connectivity index (χ4n) is 1.78. The molecule has 0 aliphatic carbocycles. The van der Waals surface area contributed by atoms with Crippen LogP contribution in [-0.2, 0) is 16.0 Å². The van der Waals surface area contributed by atoms with Crippen LogP contribution in [0.25, 0.3) is 0 Å². The molecule has 1 heterocycles. The first-order chi connectivity index (χ1) is 8.54. The minimum Gasteiger partial charge on any atom is -0.480 e. The summed E-state index contributed by atoms with van der Waals surface area (Å²) >= 11 is 0. The van der Waals surface area contributed by atoms with Crippen LogP contribution >= 0.6 is 0 Å². The zero-order valence-electron chi connectivity index (χ0n) is 10.6. The lowest BCUT2D eigenvalue weighted by Gasteiger charge is -2.28. The lowest BCUT2D eigenvalue weighted by Crippen LogP contribution is -2.54. The molecule has 0 aliphatic heterocycles. The van der Waals surface area contributed by atoms with Gasteiger partial charge in [-0.1, -0.05) is 13.8 Å². The van der Waals surface area contributed by atoms with Crippen LogP contribution in [0.15, 0.2) is 24.5 Å². The van der Waals surface area contributed by atoms with Crippen molar-refractivity contribution in [2.45, 2.75) is 38.6 Å². The van der Waals surface area contributed by atoms with Crippen LogP contribution < -0.4 is 5.32 Å². The zero-order chi connectivity index (χ0) is 13.6. The van der Waals surface area contributed by atoms with Crippen LogP contribution in [0, 0.1) is 0 Å². The summed E-state index contributed by atoms with van der Waals surface area (Å²) in [4.78, 5) is 27.0. The van der Waals surface area contributed by atoms with Gasteiger partial charge >= 0.3 is 5.97 Å². The molecular weight excluding hydrogens is 232 g/mol. The summed E-state index contributed by atoms with van der Waals surface area (Å²) in [6.07, 6.45) is 4.10. The molecule has 0 fully saturated rings. The number of hydrogen-bond acceptors (Lipinski definition) is 3. The van der Waals surface area contributed by atoms with Gasteiger partial charge in [-0.3, -0.25) is 9.78 Å². The zero-order valence-corrected chi connectivity index (χ0v) is 10.6. The molecule has 0 bridgehead atoms. The Bertz CT molecular complexity index is 414. The van der Waals surface area contributed by atoms with Crippen molar-refractivity contribution in [3.05, 3.63) is 30.1 Å².